The molecule has 0 radical (unpaired) electrons. The summed E-state index contributed by atoms with van der Waals surface area (Å²) in [5, 5.41) is 16.7. The molecule has 0 amide bonds. The molecule has 0 aromatic carbocycles. The van der Waals surface area contributed by atoms with E-state index in [0.717, 1.165) is 63.2 Å². The Kier molecular flexibility index (Phi) is 11.7. The van der Waals surface area contributed by atoms with Gasteiger partial charge < -0.3 is 9.47 Å². The predicted octanol–water partition coefficient (Wildman–Crippen LogP) is 5.10. The summed E-state index contributed by atoms with van der Waals surface area (Å²) >= 11 is 0. The van der Waals surface area contributed by atoms with Gasteiger partial charge in [0.25, 0.3) is 12.5 Å². The van der Waals surface area contributed by atoms with Crippen molar-refractivity contribution in [2.75, 3.05) is 6.61 Å². The van der Waals surface area contributed by atoms with Gasteiger partial charge in [-0.25, -0.2) is 14.6 Å². The van der Waals surface area contributed by atoms with E-state index >= 15 is 0 Å². The standard InChI is InChI=1S/C15H22N2O2.C10H14N2O2/c16-10-19-15-7-3-13(4-8-15)9-12-1-5-14(6-2-12)17-11-18;1-10(12-8-13)4-2-9(3-5-10)6-14-7-11/h12-15H,1-9H2;9H,2-6H2,1H3. The summed E-state index contributed by atoms with van der Waals surface area (Å²) in [6.07, 6.45) is 20.9. The van der Waals surface area contributed by atoms with Crippen LogP contribution in [0.2, 0.25) is 0 Å². The zero-order chi connectivity index (χ0) is 23.9. The second-order valence-corrected chi connectivity index (χ2v) is 10.0. The third-order valence-corrected chi connectivity index (χ3v) is 7.61. The van der Waals surface area contributed by atoms with Crippen LogP contribution in [0.1, 0.15) is 90.4 Å². The van der Waals surface area contributed by atoms with Crippen LogP contribution < -0.4 is 0 Å². The number of nitrogens with zero attached hydrogens (tertiary/aromatic N) is 4. The first-order valence-electron chi connectivity index (χ1n) is 12.2. The quantitative estimate of drug-likeness (QED) is 0.298. The van der Waals surface area contributed by atoms with Crippen LogP contribution in [0.3, 0.4) is 0 Å². The molecule has 3 rings (SSSR count). The Balaban J connectivity index is 0.000000245. The Morgan fingerprint density at radius 2 is 1.42 bits per heavy atom. The predicted molar refractivity (Wildman–Crippen MR) is 121 cm³/mol. The average molecular weight is 457 g/mol. The third kappa shape index (κ3) is 9.79. The van der Waals surface area contributed by atoms with Crippen LogP contribution >= 0.6 is 0 Å². The third-order valence-electron chi connectivity index (χ3n) is 7.61. The Bertz CT molecular complexity index is 752. The van der Waals surface area contributed by atoms with Crippen LogP contribution in [0.5, 0.6) is 0 Å². The normalized spacial score (nSPS) is 33.4. The largest absolute Gasteiger partial charge is 0.427 e. The van der Waals surface area contributed by atoms with Crippen molar-refractivity contribution in [2.45, 2.75) is 108 Å². The lowest BCUT2D eigenvalue weighted by atomic mass is 9.76. The van der Waals surface area contributed by atoms with Crippen molar-refractivity contribution in [1.82, 2.24) is 0 Å². The fraction of sp³-hybridized carbons (Fsp3) is 0.840. The van der Waals surface area contributed by atoms with Gasteiger partial charge in [-0.15, -0.1) is 0 Å². The molecule has 0 aliphatic heterocycles. The summed E-state index contributed by atoms with van der Waals surface area (Å²) in [5.41, 5.74) is -0.231. The molecule has 8 nitrogen and oxygen atoms in total. The molecule has 33 heavy (non-hydrogen) atoms. The fourth-order valence-electron chi connectivity index (χ4n) is 5.46. The van der Waals surface area contributed by atoms with Crippen LogP contribution in [0.15, 0.2) is 9.98 Å². The Labute approximate surface area is 197 Å². The first kappa shape index (κ1) is 26.6. The summed E-state index contributed by atoms with van der Waals surface area (Å²) in [7, 11) is 0. The summed E-state index contributed by atoms with van der Waals surface area (Å²) in [6.45, 7) is 2.47. The lowest BCUT2D eigenvalue weighted by Crippen LogP contribution is -2.30. The summed E-state index contributed by atoms with van der Waals surface area (Å²) in [4.78, 5) is 28.1. The van der Waals surface area contributed by atoms with Crippen LogP contribution in [-0.4, -0.2) is 36.5 Å². The molecule has 3 aliphatic carbocycles. The van der Waals surface area contributed by atoms with Gasteiger partial charge in [0.05, 0.1) is 11.6 Å². The maximum atomic E-state index is 10.2. The molecule has 180 valence electrons. The monoisotopic (exact) mass is 456 g/mol. The summed E-state index contributed by atoms with van der Waals surface area (Å²) in [5.74, 6) is 2.04. The SMILES string of the molecule is CC1(N=C=O)CCC(COC#N)CC1.N#COC1CCC(CC2CCC(N=C=O)CC2)CC1. The van der Waals surface area contributed by atoms with Gasteiger partial charge in [0.2, 0.25) is 12.2 Å². The number of ether oxygens (including phenoxy) is 2. The molecule has 8 heteroatoms. The fourth-order valence-corrected chi connectivity index (χ4v) is 5.46. The number of nitriles is 2. The average Bonchev–Trinajstić information content (AvgIpc) is 2.82. The van der Waals surface area contributed by atoms with Crippen LogP contribution in [-0.2, 0) is 19.1 Å². The summed E-state index contributed by atoms with van der Waals surface area (Å²) < 4.78 is 9.72. The molecule has 3 saturated carbocycles. The highest BCUT2D eigenvalue weighted by molar-refractivity contribution is 5.34. The van der Waals surface area contributed by atoms with E-state index in [0.29, 0.717) is 12.5 Å². The van der Waals surface area contributed by atoms with Crippen LogP contribution in [0.4, 0.5) is 0 Å². The zero-order valence-corrected chi connectivity index (χ0v) is 19.7. The Morgan fingerprint density at radius 3 is 1.94 bits per heavy atom. The zero-order valence-electron chi connectivity index (χ0n) is 19.7. The van der Waals surface area contributed by atoms with Gasteiger partial charge in [-0.3, -0.25) is 0 Å². The molecule has 0 saturated heterocycles. The number of carbonyl (C=O) groups excluding carboxylic acids is 2. The van der Waals surface area contributed by atoms with E-state index in [2.05, 4.69) is 9.98 Å². The maximum absolute atomic E-state index is 10.2. The van der Waals surface area contributed by atoms with Crippen LogP contribution in [0.25, 0.3) is 0 Å². The molecule has 0 aromatic heterocycles. The molecule has 0 spiro atoms. The van der Waals surface area contributed by atoms with Crippen molar-refractivity contribution in [3.8, 4) is 12.5 Å². The minimum absolute atomic E-state index is 0.166. The molecule has 3 fully saturated rings. The molecule has 0 aromatic rings. The minimum atomic E-state index is -0.231. The topological polar surface area (TPSA) is 125 Å². The second-order valence-electron chi connectivity index (χ2n) is 10.0. The van der Waals surface area contributed by atoms with E-state index in [-0.39, 0.29) is 17.7 Å². The number of hydrogen-bond donors (Lipinski definition) is 0. The van der Waals surface area contributed by atoms with Crippen molar-refractivity contribution in [1.29, 1.82) is 10.5 Å². The van der Waals surface area contributed by atoms with E-state index < -0.39 is 0 Å². The smallest absolute Gasteiger partial charge is 0.286 e. The van der Waals surface area contributed by atoms with E-state index in [1.807, 2.05) is 13.2 Å². The maximum Gasteiger partial charge on any atom is 0.286 e. The molecule has 0 atom stereocenters. The highest BCUT2D eigenvalue weighted by Gasteiger charge is 2.31. The second kappa shape index (κ2) is 14.5. The van der Waals surface area contributed by atoms with E-state index in [1.165, 1.54) is 32.1 Å². The Hall–Kier alpha value is -2.66. The van der Waals surface area contributed by atoms with E-state index in [9.17, 15) is 9.59 Å². The molecule has 3 aliphatic rings. The van der Waals surface area contributed by atoms with E-state index in [4.69, 9.17) is 20.0 Å². The first-order chi connectivity index (χ1) is 16.0. The lowest BCUT2D eigenvalue weighted by Gasteiger charge is -2.32. The Morgan fingerprint density at radius 1 is 0.818 bits per heavy atom. The number of aliphatic imine (C=N–C) groups is 2. The van der Waals surface area contributed by atoms with Crippen molar-refractivity contribution in [2.24, 2.45) is 27.7 Å². The van der Waals surface area contributed by atoms with Gasteiger partial charge in [0, 0.05) is 0 Å². The molecule has 0 N–H and O–H groups in total. The van der Waals surface area contributed by atoms with Gasteiger partial charge in [-0.1, -0.05) is 0 Å². The van der Waals surface area contributed by atoms with Crippen LogP contribution in [0, 0.1) is 40.8 Å². The molecular formula is C25H36N4O4. The molecule has 0 bridgehead atoms. The van der Waals surface area contributed by atoms with Gasteiger partial charge >= 0.3 is 0 Å². The molecule has 0 heterocycles. The van der Waals surface area contributed by atoms with Crippen molar-refractivity contribution >= 4 is 12.2 Å². The van der Waals surface area contributed by atoms with Crippen molar-refractivity contribution < 1.29 is 19.1 Å². The number of hydrogen-bond acceptors (Lipinski definition) is 8. The highest BCUT2D eigenvalue weighted by atomic mass is 16.5. The van der Waals surface area contributed by atoms with Crippen molar-refractivity contribution in [3.05, 3.63) is 0 Å². The van der Waals surface area contributed by atoms with Gasteiger partial charge in [-0.05, 0) is 108 Å². The highest BCUT2D eigenvalue weighted by Crippen LogP contribution is 2.36. The molecular weight excluding hydrogens is 420 g/mol. The van der Waals surface area contributed by atoms with E-state index in [1.54, 1.807) is 18.4 Å². The summed E-state index contributed by atoms with van der Waals surface area (Å²) in [6, 6.07) is 0.230. The lowest BCUT2D eigenvalue weighted by molar-refractivity contribution is 0.0915. The van der Waals surface area contributed by atoms with Gasteiger partial charge in [0.1, 0.15) is 12.7 Å². The van der Waals surface area contributed by atoms with Gasteiger partial charge in [0.15, 0.2) is 0 Å². The molecule has 0 unspecified atom stereocenters. The number of rotatable bonds is 7. The number of isocyanates is 2. The first-order valence-corrected chi connectivity index (χ1v) is 12.2. The van der Waals surface area contributed by atoms with Gasteiger partial charge in [-0.2, -0.15) is 15.5 Å². The minimum Gasteiger partial charge on any atom is -0.427 e. The van der Waals surface area contributed by atoms with Crippen molar-refractivity contribution in [3.63, 3.8) is 0 Å².